The molecular weight excluding hydrogens is 375 g/mol. The summed E-state index contributed by atoms with van der Waals surface area (Å²) in [6.07, 6.45) is 0. The van der Waals surface area contributed by atoms with Crippen molar-refractivity contribution in [2.75, 3.05) is 38.2 Å². The number of anilines is 1. The van der Waals surface area contributed by atoms with Crippen LogP contribution < -0.4 is 10.5 Å². The van der Waals surface area contributed by atoms with E-state index in [1.807, 2.05) is 0 Å². The molecule has 0 bridgehead atoms. The van der Waals surface area contributed by atoms with Gasteiger partial charge in [-0.2, -0.15) is 0 Å². The second kappa shape index (κ2) is 8.00. The van der Waals surface area contributed by atoms with Crippen molar-refractivity contribution < 1.29 is 13.9 Å². The lowest BCUT2D eigenvalue weighted by molar-refractivity contribution is 0.0601. The fraction of sp³-hybridized carbons (Fsp3) is 0.286. The number of esters is 1. The molecule has 1 saturated heterocycles. The van der Waals surface area contributed by atoms with Crippen LogP contribution in [0.1, 0.15) is 16.2 Å². The number of hydrogen-bond acceptors (Lipinski definition) is 6. The first-order valence-corrected chi connectivity index (χ1v) is 9.37. The summed E-state index contributed by atoms with van der Waals surface area (Å²) in [5.74, 6) is -0.152. The van der Waals surface area contributed by atoms with E-state index in [-0.39, 0.29) is 11.4 Å². The number of ether oxygens (including phenoxy) is 1. The highest BCUT2D eigenvalue weighted by Gasteiger charge is 2.19. The SMILES string of the molecule is COC(=O)c1ccc2c(=O)[nH]c(CN3CCN(c4ccc(F)cc4)CC3)nc2c1. The Balaban J connectivity index is 1.47. The predicted octanol–water partition coefficient (Wildman–Crippen LogP) is 2.17. The third-order valence-electron chi connectivity index (χ3n) is 5.11. The average Bonchev–Trinajstić information content (AvgIpc) is 2.74. The Bertz CT molecular complexity index is 1090. The molecule has 7 nitrogen and oxygen atoms in total. The van der Waals surface area contributed by atoms with Crippen molar-refractivity contribution >= 4 is 22.6 Å². The number of piperazine rings is 1. The Hall–Kier alpha value is -3.26. The van der Waals surface area contributed by atoms with E-state index in [4.69, 9.17) is 4.74 Å². The minimum Gasteiger partial charge on any atom is -0.465 e. The number of halogens is 1. The standard InChI is InChI=1S/C21H21FN4O3/c1-29-21(28)14-2-7-17-18(12-14)23-19(24-20(17)27)13-25-8-10-26(11-9-25)16-5-3-15(22)4-6-16/h2-7,12H,8-11,13H2,1H3,(H,23,24,27). The summed E-state index contributed by atoms with van der Waals surface area (Å²) in [4.78, 5) is 35.9. The molecule has 3 aromatic rings. The molecule has 1 fully saturated rings. The minimum atomic E-state index is -0.465. The Labute approximate surface area is 166 Å². The topological polar surface area (TPSA) is 78.5 Å². The molecule has 0 atom stereocenters. The van der Waals surface area contributed by atoms with Crippen LogP contribution in [-0.2, 0) is 11.3 Å². The van der Waals surface area contributed by atoms with Gasteiger partial charge in [0.15, 0.2) is 0 Å². The molecule has 0 aliphatic carbocycles. The summed E-state index contributed by atoms with van der Waals surface area (Å²) in [5.41, 5.74) is 1.60. The summed E-state index contributed by atoms with van der Waals surface area (Å²) in [6.45, 7) is 3.69. The van der Waals surface area contributed by atoms with Crippen LogP contribution >= 0.6 is 0 Å². The number of H-pyrrole nitrogens is 1. The van der Waals surface area contributed by atoms with Crippen LogP contribution in [0.3, 0.4) is 0 Å². The number of aromatic amines is 1. The van der Waals surface area contributed by atoms with Crippen molar-refractivity contribution in [2.24, 2.45) is 0 Å². The van der Waals surface area contributed by atoms with Gasteiger partial charge >= 0.3 is 5.97 Å². The fourth-order valence-corrected chi connectivity index (χ4v) is 3.54. The van der Waals surface area contributed by atoms with E-state index in [1.54, 1.807) is 30.3 Å². The first-order chi connectivity index (χ1) is 14.0. The average molecular weight is 396 g/mol. The number of nitrogens with one attached hydrogen (secondary N) is 1. The van der Waals surface area contributed by atoms with Crippen molar-refractivity contribution in [3.63, 3.8) is 0 Å². The van der Waals surface area contributed by atoms with Gasteiger partial charge in [0.05, 0.1) is 30.1 Å². The zero-order valence-corrected chi connectivity index (χ0v) is 16.0. The van der Waals surface area contributed by atoms with E-state index in [2.05, 4.69) is 19.8 Å². The molecule has 1 aromatic heterocycles. The number of rotatable bonds is 4. The number of benzene rings is 2. The largest absolute Gasteiger partial charge is 0.465 e. The third-order valence-corrected chi connectivity index (χ3v) is 5.11. The molecule has 1 aliphatic heterocycles. The molecule has 29 heavy (non-hydrogen) atoms. The lowest BCUT2D eigenvalue weighted by Gasteiger charge is -2.35. The van der Waals surface area contributed by atoms with Crippen LogP contribution in [0.25, 0.3) is 10.9 Å². The lowest BCUT2D eigenvalue weighted by atomic mass is 10.1. The Morgan fingerprint density at radius 2 is 1.86 bits per heavy atom. The highest BCUT2D eigenvalue weighted by atomic mass is 19.1. The van der Waals surface area contributed by atoms with Gasteiger partial charge in [-0.05, 0) is 42.5 Å². The van der Waals surface area contributed by atoms with Crippen molar-refractivity contribution in [1.82, 2.24) is 14.9 Å². The fourth-order valence-electron chi connectivity index (χ4n) is 3.54. The molecule has 1 aliphatic rings. The minimum absolute atomic E-state index is 0.230. The molecular formula is C21H21FN4O3. The van der Waals surface area contributed by atoms with E-state index >= 15 is 0 Å². The Morgan fingerprint density at radius 3 is 2.55 bits per heavy atom. The molecule has 1 N–H and O–H groups in total. The molecule has 0 radical (unpaired) electrons. The van der Waals surface area contributed by atoms with Crippen molar-refractivity contribution in [2.45, 2.75) is 6.54 Å². The number of methoxy groups -OCH3 is 1. The van der Waals surface area contributed by atoms with Crippen LogP contribution in [0, 0.1) is 5.82 Å². The number of hydrogen-bond donors (Lipinski definition) is 1. The van der Waals surface area contributed by atoms with Crippen LogP contribution in [0.5, 0.6) is 0 Å². The number of carbonyl (C=O) groups is 1. The molecule has 0 saturated carbocycles. The molecule has 4 rings (SSSR count). The monoisotopic (exact) mass is 396 g/mol. The maximum absolute atomic E-state index is 13.1. The Morgan fingerprint density at radius 1 is 1.14 bits per heavy atom. The summed E-state index contributed by atoms with van der Waals surface area (Å²) in [6, 6.07) is 11.2. The molecule has 0 unspecified atom stereocenters. The predicted molar refractivity (Wildman–Crippen MR) is 108 cm³/mol. The molecule has 150 valence electrons. The van der Waals surface area contributed by atoms with Crippen LogP contribution in [-0.4, -0.2) is 54.1 Å². The van der Waals surface area contributed by atoms with Gasteiger partial charge in [0, 0.05) is 31.9 Å². The zero-order chi connectivity index (χ0) is 20.4. The maximum Gasteiger partial charge on any atom is 0.337 e. The van der Waals surface area contributed by atoms with Gasteiger partial charge in [0.1, 0.15) is 11.6 Å². The smallest absolute Gasteiger partial charge is 0.337 e. The summed E-state index contributed by atoms with van der Waals surface area (Å²) in [7, 11) is 1.31. The van der Waals surface area contributed by atoms with Crippen LogP contribution in [0.15, 0.2) is 47.3 Å². The summed E-state index contributed by atoms with van der Waals surface area (Å²) >= 11 is 0. The van der Waals surface area contributed by atoms with Crippen molar-refractivity contribution in [3.8, 4) is 0 Å². The summed E-state index contributed by atoms with van der Waals surface area (Å²) < 4.78 is 17.8. The first-order valence-electron chi connectivity index (χ1n) is 9.37. The normalized spacial score (nSPS) is 14.9. The number of carbonyl (C=O) groups excluding carboxylic acids is 1. The van der Waals surface area contributed by atoms with Crippen LogP contribution in [0.2, 0.25) is 0 Å². The lowest BCUT2D eigenvalue weighted by Crippen LogP contribution is -2.46. The van der Waals surface area contributed by atoms with E-state index in [9.17, 15) is 14.0 Å². The molecule has 0 spiro atoms. The molecule has 2 heterocycles. The number of aromatic nitrogens is 2. The molecule has 8 heteroatoms. The third kappa shape index (κ3) is 4.12. The first kappa shape index (κ1) is 19.1. The van der Waals surface area contributed by atoms with Gasteiger partial charge in [-0.25, -0.2) is 14.2 Å². The van der Waals surface area contributed by atoms with Gasteiger partial charge in [-0.3, -0.25) is 9.69 Å². The van der Waals surface area contributed by atoms with Gasteiger partial charge in [-0.15, -0.1) is 0 Å². The molecule has 2 aromatic carbocycles. The van der Waals surface area contributed by atoms with E-state index in [0.717, 1.165) is 31.9 Å². The molecule has 0 amide bonds. The van der Waals surface area contributed by atoms with Crippen molar-refractivity contribution in [3.05, 3.63) is 70.0 Å². The summed E-state index contributed by atoms with van der Waals surface area (Å²) in [5, 5.41) is 0.433. The second-order valence-electron chi connectivity index (χ2n) is 6.98. The highest BCUT2D eigenvalue weighted by Crippen LogP contribution is 2.18. The zero-order valence-electron chi connectivity index (χ0n) is 16.0. The van der Waals surface area contributed by atoms with Gasteiger partial charge in [0.2, 0.25) is 0 Å². The quantitative estimate of drug-likeness (QED) is 0.681. The van der Waals surface area contributed by atoms with Crippen LogP contribution in [0.4, 0.5) is 10.1 Å². The van der Waals surface area contributed by atoms with E-state index in [0.29, 0.717) is 28.8 Å². The van der Waals surface area contributed by atoms with Gasteiger partial charge in [0.25, 0.3) is 5.56 Å². The van der Waals surface area contributed by atoms with Gasteiger partial charge < -0.3 is 14.6 Å². The van der Waals surface area contributed by atoms with E-state index < -0.39 is 5.97 Å². The maximum atomic E-state index is 13.1. The second-order valence-corrected chi connectivity index (χ2v) is 6.98. The highest BCUT2D eigenvalue weighted by molar-refractivity contribution is 5.93. The Kier molecular flexibility index (Phi) is 5.26. The van der Waals surface area contributed by atoms with E-state index in [1.165, 1.54) is 19.2 Å². The van der Waals surface area contributed by atoms with Crippen molar-refractivity contribution in [1.29, 1.82) is 0 Å². The number of nitrogens with zero attached hydrogens (tertiary/aromatic N) is 3. The van der Waals surface area contributed by atoms with Gasteiger partial charge in [-0.1, -0.05) is 0 Å². The number of fused-ring (bicyclic) bond motifs is 1.